The minimum absolute atomic E-state index is 0.256. The highest BCUT2D eigenvalue weighted by Crippen LogP contribution is 2.34. The predicted molar refractivity (Wildman–Crippen MR) is 74.0 cm³/mol. The molecule has 0 saturated heterocycles. The second-order valence-corrected chi connectivity index (χ2v) is 5.17. The van der Waals surface area contributed by atoms with Gasteiger partial charge in [-0.05, 0) is 50.4 Å². The van der Waals surface area contributed by atoms with E-state index in [1.54, 1.807) is 12.1 Å². The minimum Gasteiger partial charge on any atom is -0.491 e. The van der Waals surface area contributed by atoms with E-state index in [-0.39, 0.29) is 5.97 Å². The van der Waals surface area contributed by atoms with E-state index in [0.29, 0.717) is 39.7 Å². The molecular weight excluding hydrogens is 368 g/mol. The molecule has 4 nitrogen and oxygen atoms in total. The predicted octanol–water partition coefficient (Wildman–Crippen LogP) is 3.36. The number of hydrogen-bond donors (Lipinski definition) is 0. The summed E-state index contributed by atoms with van der Waals surface area (Å²) in [5.41, 5.74) is 0.552. The van der Waals surface area contributed by atoms with Crippen LogP contribution < -0.4 is 4.74 Å². The first-order valence-electron chi connectivity index (χ1n) is 5.22. The number of esters is 1. The maximum Gasteiger partial charge on any atom is 0.305 e. The summed E-state index contributed by atoms with van der Waals surface area (Å²) < 4.78 is 11.5. The number of methoxy groups -OCH3 is 1. The van der Waals surface area contributed by atoms with Crippen LogP contribution in [0.5, 0.6) is 5.75 Å². The largest absolute Gasteiger partial charge is 0.491 e. The Labute approximate surface area is 122 Å². The molecule has 1 rings (SSSR count). The topological polar surface area (TPSA) is 52.6 Å². The van der Waals surface area contributed by atoms with Crippen molar-refractivity contribution in [1.82, 2.24) is 0 Å². The van der Waals surface area contributed by atoms with Gasteiger partial charge < -0.3 is 9.47 Å². The molecule has 0 spiro atoms. The molecule has 18 heavy (non-hydrogen) atoms. The lowest BCUT2D eigenvalue weighted by molar-refractivity contribution is -0.140. The minimum atomic E-state index is -0.256. The van der Waals surface area contributed by atoms with Crippen molar-refractivity contribution in [3.63, 3.8) is 0 Å². The van der Waals surface area contributed by atoms with E-state index >= 15 is 0 Å². The van der Waals surface area contributed by atoms with Crippen molar-refractivity contribution in [2.45, 2.75) is 12.8 Å². The number of carbonyl (C=O) groups is 2. The summed E-state index contributed by atoms with van der Waals surface area (Å²) in [6.07, 6.45) is 1.65. The number of rotatable bonds is 6. The Bertz CT molecular complexity index is 423. The number of ether oxygens (including phenoxy) is 2. The summed E-state index contributed by atoms with van der Waals surface area (Å²) in [5, 5.41) is 0. The second kappa shape index (κ2) is 7.53. The van der Waals surface area contributed by atoms with E-state index < -0.39 is 0 Å². The summed E-state index contributed by atoms with van der Waals surface area (Å²) >= 11 is 6.66. The Morgan fingerprint density at radius 3 is 2.44 bits per heavy atom. The molecule has 0 aliphatic heterocycles. The molecule has 1 aromatic rings. The molecule has 6 heteroatoms. The van der Waals surface area contributed by atoms with Crippen LogP contribution in [0.1, 0.15) is 23.2 Å². The van der Waals surface area contributed by atoms with Crippen molar-refractivity contribution in [1.29, 1.82) is 0 Å². The Morgan fingerprint density at radius 1 is 1.33 bits per heavy atom. The van der Waals surface area contributed by atoms with Gasteiger partial charge in [-0.15, -0.1) is 0 Å². The maximum atomic E-state index is 10.9. The number of aldehydes is 1. The fourth-order valence-electron chi connectivity index (χ4n) is 1.28. The van der Waals surface area contributed by atoms with E-state index in [1.165, 1.54) is 7.11 Å². The van der Waals surface area contributed by atoms with E-state index in [2.05, 4.69) is 36.6 Å². The van der Waals surface area contributed by atoms with E-state index in [9.17, 15) is 9.59 Å². The van der Waals surface area contributed by atoms with Crippen molar-refractivity contribution < 1.29 is 19.1 Å². The lowest BCUT2D eigenvalue weighted by Crippen LogP contribution is -2.05. The molecule has 0 heterocycles. The maximum absolute atomic E-state index is 10.9. The number of hydrogen-bond acceptors (Lipinski definition) is 4. The van der Waals surface area contributed by atoms with E-state index in [0.717, 1.165) is 6.29 Å². The third kappa shape index (κ3) is 4.42. The SMILES string of the molecule is COC(=O)CCCOc1c(Br)cc(C=O)cc1Br. The molecule has 0 atom stereocenters. The van der Waals surface area contributed by atoms with E-state index in [4.69, 9.17) is 4.74 Å². The van der Waals surface area contributed by atoms with Gasteiger partial charge in [0.2, 0.25) is 0 Å². The van der Waals surface area contributed by atoms with Gasteiger partial charge in [-0.1, -0.05) is 0 Å². The quantitative estimate of drug-likeness (QED) is 0.432. The van der Waals surface area contributed by atoms with Gasteiger partial charge in [-0.25, -0.2) is 0 Å². The van der Waals surface area contributed by atoms with Gasteiger partial charge in [0.25, 0.3) is 0 Å². The van der Waals surface area contributed by atoms with Gasteiger partial charge in [0.05, 0.1) is 22.7 Å². The highest BCUT2D eigenvalue weighted by atomic mass is 79.9. The highest BCUT2D eigenvalue weighted by Gasteiger charge is 2.09. The first kappa shape index (κ1) is 15.2. The standard InChI is InChI=1S/C12H12Br2O4/c1-17-11(16)3-2-4-18-12-9(13)5-8(7-15)6-10(12)14/h5-7H,2-4H2,1H3. The van der Waals surface area contributed by atoms with Gasteiger partial charge in [-0.2, -0.15) is 0 Å². The zero-order valence-electron chi connectivity index (χ0n) is 9.74. The van der Waals surface area contributed by atoms with Gasteiger partial charge in [0.1, 0.15) is 12.0 Å². The van der Waals surface area contributed by atoms with Crippen molar-refractivity contribution in [2.24, 2.45) is 0 Å². The molecule has 0 amide bonds. The average Bonchev–Trinajstić information content (AvgIpc) is 2.36. The summed E-state index contributed by atoms with van der Waals surface area (Å²) in [7, 11) is 1.36. The molecular formula is C12H12Br2O4. The number of carbonyl (C=O) groups excluding carboxylic acids is 2. The molecule has 0 saturated carbocycles. The van der Waals surface area contributed by atoms with Crippen LogP contribution in [0.3, 0.4) is 0 Å². The van der Waals surface area contributed by atoms with Gasteiger partial charge in [0, 0.05) is 12.0 Å². The molecule has 0 N–H and O–H groups in total. The lowest BCUT2D eigenvalue weighted by atomic mass is 10.2. The van der Waals surface area contributed by atoms with Crippen molar-refractivity contribution in [3.8, 4) is 5.75 Å². The van der Waals surface area contributed by atoms with Crippen LogP contribution in [0.4, 0.5) is 0 Å². The first-order valence-corrected chi connectivity index (χ1v) is 6.81. The van der Waals surface area contributed by atoms with Crippen LogP contribution in [0.25, 0.3) is 0 Å². The molecule has 0 aliphatic rings. The summed E-state index contributed by atoms with van der Waals surface area (Å²) in [6, 6.07) is 3.35. The molecule has 0 aliphatic carbocycles. The smallest absolute Gasteiger partial charge is 0.305 e. The number of halogens is 2. The highest BCUT2D eigenvalue weighted by molar-refractivity contribution is 9.11. The molecule has 0 radical (unpaired) electrons. The fourth-order valence-corrected chi connectivity index (χ4v) is 2.73. The molecule has 0 unspecified atom stereocenters. The third-order valence-electron chi connectivity index (χ3n) is 2.16. The van der Waals surface area contributed by atoms with Crippen molar-refractivity contribution >= 4 is 44.1 Å². The Balaban J connectivity index is 2.57. The zero-order chi connectivity index (χ0) is 13.5. The van der Waals surface area contributed by atoms with Crippen LogP contribution in [0, 0.1) is 0 Å². The fraction of sp³-hybridized carbons (Fsp3) is 0.333. The van der Waals surface area contributed by atoms with Crippen LogP contribution in [0.15, 0.2) is 21.1 Å². The van der Waals surface area contributed by atoms with Crippen LogP contribution in [-0.2, 0) is 9.53 Å². The van der Waals surface area contributed by atoms with Crippen LogP contribution >= 0.6 is 31.9 Å². The van der Waals surface area contributed by atoms with Gasteiger partial charge in [-0.3, -0.25) is 9.59 Å². The number of benzene rings is 1. The first-order chi connectivity index (χ1) is 8.58. The summed E-state index contributed by atoms with van der Waals surface area (Å²) in [4.78, 5) is 21.6. The van der Waals surface area contributed by atoms with Crippen molar-refractivity contribution in [3.05, 3.63) is 26.6 Å². The van der Waals surface area contributed by atoms with E-state index in [1.807, 2.05) is 0 Å². The molecule has 0 fully saturated rings. The normalized spacial score (nSPS) is 9.94. The summed E-state index contributed by atoms with van der Waals surface area (Å²) in [5.74, 6) is 0.360. The van der Waals surface area contributed by atoms with Crippen LogP contribution in [0.2, 0.25) is 0 Å². The molecule has 98 valence electrons. The van der Waals surface area contributed by atoms with Crippen molar-refractivity contribution in [2.75, 3.05) is 13.7 Å². The zero-order valence-corrected chi connectivity index (χ0v) is 12.9. The lowest BCUT2D eigenvalue weighted by Gasteiger charge is -2.10. The summed E-state index contributed by atoms with van der Waals surface area (Å²) in [6.45, 7) is 0.396. The van der Waals surface area contributed by atoms with Gasteiger partial charge in [0.15, 0.2) is 0 Å². The molecule has 0 aromatic heterocycles. The second-order valence-electron chi connectivity index (χ2n) is 3.46. The molecule has 1 aromatic carbocycles. The molecule has 0 bridgehead atoms. The van der Waals surface area contributed by atoms with Gasteiger partial charge >= 0.3 is 5.97 Å². The Hall–Kier alpha value is -0.880. The third-order valence-corrected chi connectivity index (χ3v) is 3.33. The average molecular weight is 380 g/mol. The Kier molecular flexibility index (Phi) is 6.35. The Morgan fingerprint density at radius 2 is 1.94 bits per heavy atom. The van der Waals surface area contributed by atoms with Crippen LogP contribution in [-0.4, -0.2) is 26.0 Å². The monoisotopic (exact) mass is 378 g/mol.